The second kappa shape index (κ2) is 11.7. The molecule has 0 aliphatic carbocycles. The van der Waals surface area contributed by atoms with E-state index in [4.69, 9.17) is 10.2 Å². The van der Waals surface area contributed by atoms with E-state index in [1.54, 1.807) is 24.3 Å². The summed E-state index contributed by atoms with van der Waals surface area (Å²) in [6, 6.07) is 8.53. The molecule has 2 N–H and O–H groups in total. The molecule has 0 saturated heterocycles. The van der Waals surface area contributed by atoms with Gasteiger partial charge in [0.2, 0.25) is 0 Å². The molecule has 0 aliphatic rings. The van der Waals surface area contributed by atoms with E-state index >= 15 is 0 Å². The first-order chi connectivity index (χ1) is 12.3. The molecule has 0 aliphatic heterocycles. The Morgan fingerprint density at radius 2 is 1.15 bits per heavy atom. The molecule has 2 rings (SSSR count). The van der Waals surface area contributed by atoms with Crippen LogP contribution in [0, 0.1) is 0 Å². The monoisotopic (exact) mass is 418 g/mol. The third-order valence-corrected chi connectivity index (χ3v) is 3.31. The Morgan fingerprint density at radius 3 is 1.37 bits per heavy atom. The van der Waals surface area contributed by atoms with E-state index in [0.717, 1.165) is 11.1 Å². The molecule has 0 spiro atoms. The summed E-state index contributed by atoms with van der Waals surface area (Å²) >= 11 is 0. The summed E-state index contributed by atoms with van der Waals surface area (Å²) in [5, 5.41) is 39.4. The molecular weight excluding hydrogens is 402 g/mol. The first-order valence-electron chi connectivity index (χ1n) is 7.58. The van der Waals surface area contributed by atoms with Crippen molar-refractivity contribution in [3.63, 3.8) is 0 Å². The van der Waals surface area contributed by atoms with E-state index in [9.17, 15) is 19.8 Å². The number of benzene rings is 2. The molecule has 0 atom stereocenters. The fourth-order valence-electron chi connectivity index (χ4n) is 2.07. The van der Waals surface area contributed by atoms with E-state index in [-0.39, 0.29) is 30.6 Å². The van der Waals surface area contributed by atoms with Gasteiger partial charge in [-0.1, -0.05) is 47.9 Å². The van der Waals surface area contributed by atoms with E-state index in [2.05, 4.69) is 13.2 Å². The van der Waals surface area contributed by atoms with Crippen LogP contribution in [0.1, 0.15) is 31.8 Å². The predicted octanol–water partition coefficient (Wildman–Crippen LogP) is 2.37. The Labute approximate surface area is 169 Å². The molecule has 7 heteroatoms. The Hall–Kier alpha value is -2.92. The van der Waals surface area contributed by atoms with Gasteiger partial charge in [0.25, 0.3) is 0 Å². The first kappa shape index (κ1) is 24.1. The van der Waals surface area contributed by atoms with Crippen LogP contribution in [0.15, 0.2) is 61.7 Å². The van der Waals surface area contributed by atoms with Crippen LogP contribution in [0.3, 0.4) is 0 Å². The van der Waals surface area contributed by atoms with Gasteiger partial charge < -0.3 is 20.4 Å². The largest absolute Gasteiger partial charge is 2.00 e. The van der Waals surface area contributed by atoms with Gasteiger partial charge in [-0.15, -0.1) is 13.2 Å². The summed E-state index contributed by atoms with van der Waals surface area (Å²) in [6.45, 7) is 7.05. The minimum atomic E-state index is -1.19. The average Bonchev–Trinajstić information content (AvgIpc) is 2.55. The van der Waals surface area contributed by atoms with Gasteiger partial charge in [-0.05, 0) is 36.1 Å². The Bertz CT molecular complexity index is 760. The molecule has 0 aromatic heterocycles. The van der Waals surface area contributed by atoms with Gasteiger partial charge in [0.05, 0.1) is 11.1 Å². The van der Waals surface area contributed by atoms with Gasteiger partial charge in [0, 0.05) is 0 Å². The zero-order valence-corrected chi connectivity index (χ0v) is 17.6. The number of hydrogen-bond donors (Lipinski definition) is 2. The van der Waals surface area contributed by atoms with Crippen LogP contribution >= 0.6 is 0 Å². The molecule has 0 heterocycles. The summed E-state index contributed by atoms with van der Waals surface area (Å²) in [5.41, 5.74) is 1.19. The van der Waals surface area contributed by atoms with Crippen molar-refractivity contribution in [2.24, 2.45) is 0 Å². The van der Waals surface area contributed by atoms with Crippen molar-refractivity contribution in [1.82, 2.24) is 0 Å². The molecule has 136 valence electrons. The van der Waals surface area contributed by atoms with Crippen molar-refractivity contribution in [2.75, 3.05) is 0 Å². The fraction of sp³-hybridized carbons (Fsp3) is 0.100. The fourth-order valence-corrected chi connectivity index (χ4v) is 2.07. The summed E-state index contributed by atoms with van der Waals surface area (Å²) in [7, 11) is 0. The van der Waals surface area contributed by atoms with Crippen LogP contribution < -0.4 is 10.2 Å². The summed E-state index contributed by atoms with van der Waals surface area (Å²) < 4.78 is 0. The molecular formula is C20H18O6Zn. The van der Waals surface area contributed by atoms with Gasteiger partial charge in [-0.3, -0.25) is 0 Å². The molecule has 0 saturated carbocycles. The molecule has 0 fully saturated rings. The second-order valence-corrected chi connectivity index (χ2v) is 5.26. The van der Waals surface area contributed by atoms with Crippen LogP contribution in [0.5, 0.6) is 11.5 Å². The van der Waals surface area contributed by atoms with Gasteiger partial charge in [-0.2, -0.15) is 0 Å². The van der Waals surface area contributed by atoms with Crippen LogP contribution in [-0.4, -0.2) is 22.2 Å². The van der Waals surface area contributed by atoms with E-state index in [1.807, 2.05) is 0 Å². The predicted molar refractivity (Wildman–Crippen MR) is 93.5 cm³/mol. The average molecular weight is 420 g/mol. The number of carbonyl (C=O) groups is 2. The molecule has 2 aromatic carbocycles. The summed E-state index contributed by atoms with van der Waals surface area (Å²) in [6.07, 6.45) is 4.48. The molecule has 0 amide bonds. The number of hydrogen-bond acceptors (Lipinski definition) is 4. The maximum Gasteiger partial charge on any atom is 2.00 e. The number of allylic oxidation sites excluding steroid dienone is 2. The molecule has 0 unspecified atom stereocenters. The van der Waals surface area contributed by atoms with Gasteiger partial charge in [0.1, 0.15) is 0 Å². The zero-order chi connectivity index (χ0) is 19.7. The van der Waals surface area contributed by atoms with Crippen LogP contribution in [0.4, 0.5) is 0 Å². The zero-order valence-electron chi connectivity index (χ0n) is 14.7. The molecule has 0 radical (unpaired) electrons. The number of aromatic carboxylic acids is 2. The number of rotatable bonds is 6. The second-order valence-electron chi connectivity index (χ2n) is 5.26. The van der Waals surface area contributed by atoms with Gasteiger partial charge >= 0.3 is 31.4 Å². The molecule has 6 nitrogen and oxygen atoms in total. The Morgan fingerprint density at radius 1 is 0.815 bits per heavy atom. The van der Waals surface area contributed by atoms with Crippen molar-refractivity contribution in [1.29, 1.82) is 0 Å². The molecule has 27 heavy (non-hydrogen) atoms. The first-order valence-corrected chi connectivity index (χ1v) is 7.58. The number of carboxylic acids is 2. The summed E-state index contributed by atoms with van der Waals surface area (Å²) in [4.78, 5) is 20.9. The third-order valence-electron chi connectivity index (χ3n) is 3.31. The SMILES string of the molecule is C=CCc1ccc(C(=O)O)c([O-])c1.C=CCc1ccc(C(=O)O)c([O-])c1.[Zn+2]. The minimum absolute atomic E-state index is 0. The Kier molecular flexibility index (Phi) is 10.4. The third kappa shape index (κ3) is 7.46. The van der Waals surface area contributed by atoms with Crippen LogP contribution in [0.25, 0.3) is 0 Å². The van der Waals surface area contributed by atoms with Crippen molar-refractivity contribution in [3.05, 3.63) is 84.0 Å². The normalized spacial score (nSPS) is 9.19. The van der Waals surface area contributed by atoms with Crippen molar-refractivity contribution < 1.29 is 49.5 Å². The maximum atomic E-state index is 11.1. The van der Waals surface area contributed by atoms with Gasteiger partial charge in [-0.25, -0.2) is 9.59 Å². The van der Waals surface area contributed by atoms with E-state index in [0.29, 0.717) is 12.8 Å². The van der Waals surface area contributed by atoms with E-state index in [1.165, 1.54) is 24.3 Å². The molecule has 0 bridgehead atoms. The Balaban J connectivity index is 0.000000483. The standard InChI is InChI=1S/2C10H10O3.Zn/c2*1-2-3-7-4-5-8(10(12)13)9(11)6-7;/h2*2,4-6,11H,1,3H2,(H,12,13);/q;;+2/p-2. The van der Waals surface area contributed by atoms with Crippen molar-refractivity contribution in [3.8, 4) is 11.5 Å². The van der Waals surface area contributed by atoms with Crippen molar-refractivity contribution >= 4 is 11.9 Å². The van der Waals surface area contributed by atoms with E-state index < -0.39 is 23.4 Å². The van der Waals surface area contributed by atoms with Crippen LogP contribution in [-0.2, 0) is 32.3 Å². The van der Waals surface area contributed by atoms with Crippen molar-refractivity contribution in [2.45, 2.75) is 12.8 Å². The maximum absolute atomic E-state index is 11.1. The smallest absolute Gasteiger partial charge is 0.872 e. The summed E-state index contributed by atoms with van der Waals surface area (Å²) in [5.74, 6) is -3.27. The van der Waals surface area contributed by atoms with Crippen LogP contribution in [0.2, 0.25) is 0 Å². The minimum Gasteiger partial charge on any atom is -0.872 e. The van der Waals surface area contributed by atoms with Gasteiger partial charge in [0.15, 0.2) is 0 Å². The molecule has 2 aromatic rings. The number of carboxylic acid groups (broad SMARTS) is 2. The topological polar surface area (TPSA) is 121 Å². The quantitative estimate of drug-likeness (QED) is 0.547.